The fourth-order valence-electron chi connectivity index (χ4n) is 3.62. The summed E-state index contributed by atoms with van der Waals surface area (Å²) in [6.07, 6.45) is 8.81. The van der Waals surface area contributed by atoms with Crippen molar-refractivity contribution in [1.29, 1.82) is 0 Å². The summed E-state index contributed by atoms with van der Waals surface area (Å²) in [5.74, 6) is 0.880. The molecule has 1 aliphatic heterocycles. The Hall–Kier alpha value is -0.160. The second-order valence-corrected chi connectivity index (χ2v) is 6.57. The van der Waals surface area contributed by atoms with Crippen LogP contribution in [0.5, 0.6) is 0 Å². The molecule has 19 heavy (non-hydrogen) atoms. The molecule has 3 fully saturated rings. The minimum absolute atomic E-state index is 0.352. The number of fused-ring (bicyclic) bond motifs is 1. The summed E-state index contributed by atoms with van der Waals surface area (Å²) < 4.78 is 5.91. The number of ether oxygens (including phenoxy) is 1. The van der Waals surface area contributed by atoms with E-state index in [0.717, 1.165) is 12.3 Å². The Bertz CT molecular complexity index is 283. The highest BCUT2D eigenvalue weighted by Gasteiger charge is 2.34. The van der Waals surface area contributed by atoms with Crippen LogP contribution in [0.4, 0.5) is 0 Å². The largest absolute Gasteiger partial charge is 0.389 e. The Morgan fingerprint density at radius 3 is 2.89 bits per heavy atom. The molecule has 4 unspecified atom stereocenters. The molecule has 0 aromatic carbocycles. The van der Waals surface area contributed by atoms with Crippen LogP contribution in [0.15, 0.2) is 0 Å². The van der Waals surface area contributed by atoms with Gasteiger partial charge in [0.25, 0.3) is 0 Å². The van der Waals surface area contributed by atoms with Crippen molar-refractivity contribution >= 4 is 0 Å². The van der Waals surface area contributed by atoms with Crippen molar-refractivity contribution in [2.24, 2.45) is 5.92 Å². The van der Waals surface area contributed by atoms with Gasteiger partial charge in [-0.15, -0.1) is 0 Å². The molecule has 0 radical (unpaired) electrons. The van der Waals surface area contributed by atoms with Crippen LogP contribution >= 0.6 is 0 Å². The van der Waals surface area contributed by atoms with Crippen LogP contribution in [0.1, 0.15) is 44.9 Å². The minimum atomic E-state index is -0.352. The molecule has 0 amide bonds. The van der Waals surface area contributed by atoms with Gasteiger partial charge in [-0.1, -0.05) is 6.42 Å². The average molecular weight is 268 g/mol. The van der Waals surface area contributed by atoms with Crippen molar-refractivity contribution in [2.45, 2.75) is 69.2 Å². The van der Waals surface area contributed by atoms with Gasteiger partial charge in [0.2, 0.25) is 0 Å². The zero-order chi connectivity index (χ0) is 13.1. The molecule has 110 valence electrons. The Kier molecular flexibility index (Phi) is 4.74. The zero-order valence-electron chi connectivity index (χ0n) is 11.8. The van der Waals surface area contributed by atoms with Crippen molar-refractivity contribution in [1.82, 2.24) is 10.6 Å². The van der Waals surface area contributed by atoms with E-state index < -0.39 is 0 Å². The average Bonchev–Trinajstić information content (AvgIpc) is 2.81. The van der Waals surface area contributed by atoms with E-state index in [1.807, 2.05) is 0 Å². The molecular weight excluding hydrogens is 240 g/mol. The molecule has 1 heterocycles. The van der Waals surface area contributed by atoms with Crippen LogP contribution < -0.4 is 10.6 Å². The van der Waals surface area contributed by atoms with Gasteiger partial charge in [-0.3, -0.25) is 0 Å². The van der Waals surface area contributed by atoms with Gasteiger partial charge in [0.1, 0.15) is 0 Å². The SMILES string of the molecule is OC(CNC1CCC1)COC1CCC2CCNC2C1. The van der Waals surface area contributed by atoms with Gasteiger partial charge in [0.15, 0.2) is 0 Å². The lowest BCUT2D eigenvalue weighted by atomic mass is 9.84. The summed E-state index contributed by atoms with van der Waals surface area (Å²) in [7, 11) is 0. The molecule has 2 saturated carbocycles. The normalized spacial score (nSPS) is 36.8. The molecule has 0 bridgehead atoms. The second-order valence-electron chi connectivity index (χ2n) is 6.57. The predicted octanol–water partition coefficient (Wildman–Crippen LogP) is 1.04. The monoisotopic (exact) mass is 268 g/mol. The number of hydrogen-bond acceptors (Lipinski definition) is 4. The van der Waals surface area contributed by atoms with E-state index in [1.54, 1.807) is 0 Å². The van der Waals surface area contributed by atoms with E-state index in [9.17, 15) is 5.11 Å². The van der Waals surface area contributed by atoms with E-state index in [-0.39, 0.29) is 6.10 Å². The van der Waals surface area contributed by atoms with E-state index in [4.69, 9.17) is 4.74 Å². The summed E-state index contributed by atoms with van der Waals surface area (Å²) in [4.78, 5) is 0. The number of aliphatic hydroxyl groups is 1. The first-order valence-electron chi connectivity index (χ1n) is 8.07. The Morgan fingerprint density at radius 1 is 1.21 bits per heavy atom. The van der Waals surface area contributed by atoms with Crippen LogP contribution in [0, 0.1) is 5.92 Å². The van der Waals surface area contributed by atoms with Crippen molar-refractivity contribution in [3.63, 3.8) is 0 Å². The third-order valence-electron chi connectivity index (χ3n) is 5.14. The van der Waals surface area contributed by atoms with E-state index >= 15 is 0 Å². The van der Waals surface area contributed by atoms with E-state index in [0.29, 0.717) is 31.3 Å². The Balaban J connectivity index is 1.30. The number of rotatable bonds is 6. The molecule has 0 aromatic rings. The number of hydrogen-bond donors (Lipinski definition) is 3. The van der Waals surface area contributed by atoms with Crippen molar-refractivity contribution < 1.29 is 9.84 Å². The summed E-state index contributed by atoms with van der Waals surface area (Å²) >= 11 is 0. The summed E-state index contributed by atoms with van der Waals surface area (Å²) in [5.41, 5.74) is 0. The molecule has 4 nitrogen and oxygen atoms in total. The molecule has 1 saturated heterocycles. The fraction of sp³-hybridized carbons (Fsp3) is 1.00. The lowest BCUT2D eigenvalue weighted by molar-refractivity contribution is -0.0330. The van der Waals surface area contributed by atoms with Crippen LogP contribution in [0.25, 0.3) is 0 Å². The van der Waals surface area contributed by atoms with Crippen molar-refractivity contribution in [2.75, 3.05) is 19.7 Å². The lowest BCUT2D eigenvalue weighted by Gasteiger charge is -2.32. The third-order valence-corrected chi connectivity index (χ3v) is 5.14. The van der Waals surface area contributed by atoms with Gasteiger partial charge in [-0.25, -0.2) is 0 Å². The first-order valence-corrected chi connectivity index (χ1v) is 8.07. The van der Waals surface area contributed by atoms with Crippen LogP contribution in [0.2, 0.25) is 0 Å². The lowest BCUT2D eigenvalue weighted by Crippen LogP contribution is -2.42. The van der Waals surface area contributed by atoms with E-state index in [2.05, 4.69) is 10.6 Å². The molecular formula is C15H28N2O2. The van der Waals surface area contributed by atoms with Gasteiger partial charge in [0.05, 0.1) is 18.8 Å². The van der Waals surface area contributed by atoms with Gasteiger partial charge >= 0.3 is 0 Å². The fourth-order valence-corrected chi connectivity index (χ4v) is 3.62. The summed E-state index contributed by atoms with van der Waals surface area (Å²) in [6, 6.07) is 1.32. The molecule has 0 aromatic heterocycles. The highest BCUT2D eigenvalue weighted by Crippen LogP contribution is 2.32. The van der Waals surface area contributed by atoms with Crippen LogP contribution in [0.3, 0.4) is 0 Å². The molecule has 2 aliphatic carbocycles. The maximum absolute atomic E-state index is 9.93. The molecule has 3 aliphatic rings. The van der Waals surface area contributed by atoms with Gasteiger partial charge in [-0.2, -0.15) is 0 Å². The van der Waals surface area contributed by atoms with Gasteiger partial charge in [-0.05, 0) is 51.0 Å². The van der Waals surface area contributed by atoms with Crippen molar-refractivity contribution in [3.8, 4) is 0 Å². The Labute approximate surface area is 116 Å². The highest BCUT2D eigenvalue weighted by molar-refractivity contribution is 4.90. The Morgan fingerprint density at radius 2 is 2.11 bits per heavy atom. The standard InChI is InChI=1S/C15H28N2O2/c18-13(9-17-12-2-1-3-12)10-19-14-5-4-11-6-7-16-15(11)8-14/h11-18H,1-10H2. The molecule has 0 spiro atoms. The molecule has 3 rings (SSSR count). The first-order chi connectivity index (χ1) is 9.31. The smallest absolute Gasteiger partial charge is 0.0897 e. The van der Waals surface area contributed by atoms with Crippen molar-refractivity contribution in [3.05, 3.63) is 0 Å². The maximum atomic E-state index is 9.93. The predicted molar refractivity (Wildman–Crippen MR) is 75.1 cm³/mol. The third kappa shape index (κ3) is 3.69. The molecule has 3 N–H and O–H groups in total. The van der Waals surface area contributed by atoms with Gasteiger partial charge in [0, 0.05) is 18.6 Å². The zero-order valence-corrected chi connectivity index (χ0v) is 11.8. The number of aliphatic hydroxyl groups excluding tert-OH is 1. The second kappa shape index (κ2) is 6.53. The van der Waals surface area contributed by atoms with Crippen LogP contribution in [-0.4, -0.2) is 49.1 Å². The molecule has 4 heteroatoms. The summed E-state index contributed by atoms with van der Waals surface area (Å²) in [6.45, 7) is 2.35. The quantitative estimate of drug-likeness (QED) is 0.674. The maximum Gasteiger partial charge on any atom is 0.0897 e. The number of nitrogens with one attached hydrogen (secondary N) is 2. The van der Waals surface area contributed by atoms with Crippen LogP contribution in [-0.2, 0) is 4.74 Å². The highest BCUT2D eigenvalue weighted by atomic mass is 16.5. The minimum Gasteiger partial charge on any atom is -0.389 e. The topological polar surface area (TPSA) is 53.5 Å². The first kappa shape index (κ1) is 13.8. The van der Waals surface area contributed by atoms with Gasteiger partial charge < -0.3 is 20.5 Å². The molecule has 4 atom stereocenters. The van der Waals surface area contributed by atoms with E-state index in [1.165, 1.54) is 45.1 Å². The summed E-state index contributed by atoms with van der Waals surface area (Å²) in [5, 5.41) is 16.9.